The van der Waals surface area contributed by atoms with Crippen LogP contribution in [-0.2, 0) is 6.61 Å². The quantitative estimate of drug-likeness (QED) is 0.188. The highest BCUT2D eigenvalue weighted by Crippen LogP contribution is 2.34. The second-order valence-corrected chi connectivity index (χ2v) is 8.23. The van der Waals surface area contributed by atoms with E-state index in [1.54, 1.807) is 6.07 Å². The van der Waals surface area contributed by atoms with Crippen LogP contribution in [0.1, 0.15) is 33.3 Å². The van der Waals surface area contributed by atoms with E-state index < -0.39 is 22.3 Å². The van der Waals surface area contributed by atoms with E-state index in [4.69, 9.17) is 20.8 Å². The monoisotopic (exact) mass is 508 g/mol. The highest BCUT2D eigenvalue weighted by molar-refractivity contribution is 6.32. The van der Waals surface area contributed by atoms with E-state index in [0.717, 1.165) is 29.4 Å². The molecule has 4 rings (SSSR count). The number of carbonyl (C=O) groups excluding carboxylic acids is 1. The predicted molar refractivity (Wildman–Crippen MR) is 133 cm³/mol. The van der Waals surface area contributed by atoms with Crippen LogP contribution < -0.4 is 10.2 Å². The van der Waals surface area contributed by atoms with Gasteiger partial charge >= 0.3 is 11.6 Å². The molecule has 36 heavy (non-hydrogen) atoms. The standard InChI is InChI=1S/C25H21ClN4O6/c1-15-3-4-16(2)29(15)18-5-7-19(8-6-18)35-14-20-9-10-23(36-20)25(32)28-27-13-17-11-21(26)24(31)22(12-17)30(33)34/h3-13,31H,14H2,1-2H3,(H,28,32)/b27-13+. The summed E-state index contributed by atoms with van der Waals surface area (Å²) in [5.74, 6) is -0.176. The first kappa shape index (κ1) is 24.6. The number of phenolic OH excluding ortho intramolecular Hbond substituents is 1. The zero-order valence-corrected chi connectivity index (χ0v) is 20.0. The van der Waals surface area contributed by atoms with E-state index in [9.17, 15) is 20.0 Å². The maximum absolute atomic E-state index is 12.3. The molecule has 1 amide bonds. The fourth-order valence-electron chi connectivity index (χ4n) is 3.54. The zero-order chi connectivity index (χ0) is 25.8. The zero-order valence-electron chi connectivity index (χ0n) is 19.3. The van der Waals surface area contributed by atoms with Crippen molar-refractivity contribution in [3.05, 3.63) is 104 Å². The van der Waals surface area contributed by atoms with Gasteiger partial charge in [0.05, 0.1) is 16.2 Å². The van der Waals surface area contributed by atoms with Crippen LogP contribution in [-0.4, -0.2) is 26.7 Å². The van der Waals surface area contributed by atoms with Crippen LogP contribution in [0, 0.1) is 24.0 Å². The van der Waals surface area contributed by atoms with Gasteiger partial charge < -0.3 is 18.8 Å². The Morgan fingerprint density at radius 2 is 1.86 bits per heavy atom. The van der Waals surface area contributed by atoms with Gasteiger partial charge in [0.25, 0.3) is 0 Å². The maximum atomic E-state index is 12.3. The summed E-state index contributed by atoms with van der Waals surface area (Å²) in [6.45, 7) is 4.21. The van der Waals surface area contributed by atoms with Crippen LogP contribution in [0.5, 0.6) is 11.5 Å². The predicted octanol–water partition coefficient (Wildman–Crippen LogP) is 5.30. The van der Waals surface area contributed by atoms with Gasteiger partial charge in [0, 0.05) is 28.7 Å². The number of aromatic hydroxyl groups is 1. The molecule has 0 radical (unpaired) electrons. The molecule has 2 heterocycles. The highest BCUT2D eigenvalue weighted by Gasteiger charge is 2.18. The lowest BCUT2D eigenvalue weighted by atomic mass is 10.2. The fraction of sp³-hybridized carbons (Fsp3) is 0.120. The van der Waals surface area contributed by atoms with Crippen molar-refractivity contribution in [2.24, 2.45) is 5.10 Å². The summed E-state index contributed by atoms with van der Waals surface area (Å²) in [5, 5.41) is 24.2. The van der Waals surface area contributed by atoms with E-state index in [1.165, 1.54) is 12.1 Å². The first-order valence-electron chi connectivity index (χ1n) is 10.7. The van der Waals surface area contributed by atoms with Crippen LogP contribution in [0.3, 0.4) is 0 Å². The maximum Gasteiger partial charge on any atom is 0.312 e. The number of aryl methyl sites for hydroxylation is 2. The van der Waals surface area contributed by atoms with E-state index in [2.05, 4.69) is 27.2 Å². The molecule has 184 valence electrons. The van der Waals surface area contributed by atoms with Gasteiger partial charge in [0.15, 0.2) is 5.76 Å². The lowest BCUT2D eigenvalue weighted by Gasteiger charge is -2.10. The van der Waals surface area contributed by atoms with Crippen LogP contribution in [0.25, 0.3) is 5.69 Å². The van der Waals surface area contributed by atoms with Gasteiger partial charge in [-0.15, -0.1) is 0 Å². The number of aromatic nitrogens is 1. The van der Waals surface area contributed by atoms with E-state index in [1.807, 2.05) is 38.1 Å². The number of furan rings is 1. The number of nitro benzene ring substituents is 1. The number of rotatable bonds is 8. The van der Waals surface area contributed by atoms with Crippen LogP contribution >= 0.6 is 11.6 Å². The number of hydrazone groups is 1. The Bertz CT molecular complexity index is 1440. The summed E-state index contributed by atoms with van der Waals surface area (Å²) in [6.07, 6.45) is 1.16. The Labute approximate surface area is 210 Å². The average molecular weight is 509 g/mol. The molecule has 0 aliphatic carbocycles. The van der Waals surface area contributed by atoms with Gasteiger partial charge in [-0.25, -0.2) is 5.43 Å². The number of amides is 1. The van der Waals surface area contributed by atoms with Crippen molar-refractivity contribution >= 4 is 29.4 Å². The summed E-state index contributed by atoms with van der Waals surface area (Å²) in [4.78, 5) is 22.5. The molecule has 10 nitrogen and oxygen atoms in total. The third-order valence-corrected chi connectivity index (χ3v) is 5.56. The molecule has 2 aromatic heterocycles. The lowest BCUT2D eigenvalue weighted by Crippen LogP contribution is -2.16. The molecular formula is C25H21ClN4O6. The van der Waals surface area contributed by atoms with Crippen LogP contribution in [0.4, 0.5) is 5.69 Å². The number of nitro groups is 1. The van der Waals surface area contributed by atoms with Gasteiger partial charge in [0.1, 0.15) is 18.1 Å². The number of nitrogens with one attached hydrogen (secondary N) is 1. The third-order valence-electron chi connectivity index (χ3n) is 5.27. The van der Waals surface area contributed by atoms with Crippen LogP contribution in [0.2, 0.25) is 5.02 Å². The van der Waals surface area contributed by atoms with Crippen LogP contribution in [0.15, 0.2) is 70.2 Å². The van der Waals surface area contributed by atoms with Gasteiger partial charge in [-0.3, -0.25) is 14.9 Å². The van der Waals surface area contributed by atoms with Crippen molar-refractivity contribution in [2.45, 2.75) is 20.5 Å². The minimum atomic E-state index is -0.776. The highest BCUT2D eigenvalue weighted by atomic mass is 35.5. The van der Waals surface area contributed by atoms with Gasteiger partial charge in [-0.2, -0.15) is 5.10 Å². The first-order chi connectivity index (χ1) is 17.2. The Morgan fingerprint density at radius 1 is 1.17 bits per heavy atom. The van der Waals surface area contributed by atoms with Crippen molar-refractivity contribution in [3.63, 3.8) is 0 Å². The topological polar surface area (TPSA) is 132 Å². The summed E-state index contributed by atoms with van der Waals surface area (Å²) >= 11 is 5.79. The molecule has 0 fully saturated rings. The molecule has 2 N–H and O–H groups in total. The molecule has 0 aliphatic heterocycles. The Balaban J connectivity index is 1.33. The molecule has 0 unspecified atom stereocenters. The van der Waals surface area contributed by atoms with Gasteiger partial charge in [-0.1, -0.05) is 11.6 Å². The number of nitrogens with zero attached hydrogens (tertiary/aromatic N) is 3. The summed E-state index contributed by atoms with van der Waals surface area (Å²) < 4.78 is 13.4. The van der Waals surface area contributed by atoms with Crippen molar-refractivity contribution in [2.75, 3.05) is 0 Å². The smallest absolute Gasteiger partial charge is 0.312 e. The summed E-state index contributed by atoms with van der Waals surface area (Å²) in [7, 11) is 0. The second kappa shape index (κ2) is 10.4. The van der Waals surface area contributed by atoms with E-state index in [-0.39, 0.29) is 23.0 Å². The number of phenols is 1. The SMILES string of the molecule is Cc1ccc(C)n1-c1ccc(OCc2ccc(C(=O)N/N=C/c3cc(Cl)c(O)c([N+](=O)[O-])c3)o2)cc1. The van der Waals surface area contributed by atoms with Crippen molar-refractivity contribution in [3.8, 4) is 17.2 Å². The summed E-state index contributed by atoms with van der Waals surface area (Å²) in [5.41, 5.74) is 5.21. The number of ether oxygens (including phenoxy) is 1. The molecule has 0 saturated carbocycles. The normalized spacial score (nSPS) is 11.1. The average Bonchev–Trinajstić information content (AvgIpc) is 3.46. The minimum Gasteiger partial charge on any atom is -0.501 e. The lowest BCUT2D eigenvalue weighted by molar-refractivity contribution is -0.385. The molecule has 0 aliphatic rings. The minimum absolute atomic E-state index is 0.00868. The summed E-state index contributed by atoms with van der Waals surface area (Å²) in [6, 6.07) is 17.2. The number of hydrogen-bond acceptors (Lipinski definition) is 7. The number of halogens is 1. The van der Waals surface area contributed by atoms with E-state index in [0.29, 0.717) is 11.5 Å². The van der Waals surface area contributed by atoms with Crippen molar-refractivity contribution < 1.29 is 24.0 Å². The Morgan fingerprint density at radius 3 is 2.53 bits per heavy atom. The first-order valence-corrected chi connectivity index (χ1v) is 11.1. The van der Waals surface area contributed by atoms with E-state index >= 15 is 0 Å². The fourth-order valence-corrected chi connectivity index (χ4v) is 3.76. The molecule has 11 heteroatoms. The third kappa shape index (κ3) is 5.39. The molecule has 0 bridgehead atoms. The second-order valence-electron chi connectivity index (χ2n) is 7.83. The Kier molecular flexibility index (Phi) is 7.07. The van der Waals surface area contributed by atoms with Crippen molar-refractivity contribution in [1.29, 1.82) is 0 Å². The Hall–Kier alpha value is -4.57. The number of hydrogen-bond donors (Lipinski definition) is 2. The van der Waals surface area contributed by atoms with Crippen molar-refractivity contribution in [1.82, 2.24) is 9.99 Å². The largest absolute Gasteiger partial charge is 0.501 e. The molecule has 2 aromatic carbocycles. The van der Waals surface area contributed by atoms with Gasteiger partial charge in [0.2, 0.25) is 5.75 Å². The number of benzene rings is 2. The molecule has 4 aromatic rings. The molecule has 0 atom stereocenters. The number of carbonyl (C=O) groups is 1. The molecule has 0 saturated heterocycles. The molecular weight excluding hydrogens is 488 g/mol. The molecule has 0 spiro atoms. The van der Waals surface area contributed by atoms with Gasteiger partial charge in [-0.05, 0) is 68.4 Å².